The maximum atomic E-state index is 14.4. The molecule has 160 valence electrons. The van der Waals surface area contributed by atoms with Crippen molar-refractivity contribution in [3.8, 4) is 5.75 Å². The summed E-state index contributed by atoms with van der Waals surface area (Å²) in [6.07, 6.45) is -1.67. The second-order valence-electron chi connectivity index (χ2n) is 8.18. The van der Waals surface area contributed by atoms with Crippen LogP contribution in [-0.2, 0) is 0 Å². The molecule has 1 aliphatic rings. The van der Waals surface area contributed by atoms with Crippen molar-refractivity contribution in [2.45, 2.75) is 45.5 Å². The number of aromatic nitrogens is 2. The van der Waals surface area contributed by atoms with Crippen molar-refractivity contribution in [3.63, 3.8) is 0 Å². The van der Waals surface area contributed by atoms with Crippen LogP contribution in [0.3, 0.4) is 0 Å². The van der Waals surface area contributed by atoms with Crippen LogP contribution in [0.2, 0.25) is 0 Å². The van der Waals surface area contributed by atoms with Gasteiger partial charge in [0, 0.05) is 11.7 Å². The second kappa shape index (κ2) is 7.81. The van der Waals surface area contributed by atoms with Crippen LogP contribution in [0.5, 0.6) is 5.75 Å². The fourth-order valence-electron chi connectivity index (χ4n) is 4.53. The van der Waals surface area contributed by atoms with E-state index in [1.807, 2.05) is 10.6 Å². The van der Waals surface area contributed by atoms with Gasteiger partial charge in [-0.1, -0.05) is 19.9 Å². The molecule has 1 saturated carbocycles. The Bertz CT molecular complexity index is 1020. The molecule has 1 fully saturated rings. The lowest BCUT2D eigenvalue weighted by Crippen LogP contribution is -2.23. The van der Waals surface area contributed by atoms with Gasteiger partial charge in [-0.25, -0.2) is 9.37 Å². The van der Waals surface area contributed by atoms with Crippen LogP contribution in [0.25, 0.3) is 11.0 Å². The molecule has 2 atom stereocenters. The maximum absolute atomic E-state index is 14.4. The number of halogens is 4. The van der Waals surface area contributed by atoms with Gasteiger partial charge in [-0.05, 0) is 67.5 Å². The van der Waals surface area contributed by atoms with Crippen molar-refractivity contribution >= 4 is 22.7 Å². The van der Waals surface area contributed by atoms with Crippen molar-refractivity contribution in [2.24, 2.45) is 11.8 Å². The summed E-state index contributed by atoms with van der Waals surface area (Å²) in [4.78, 5) is 4.48. The van der Waals surface area contributed by atoms with E-state index in [0.29, 0.717) is 29.0 Å². The molecule has 0 saturated heterocycles. The molecule has 1 aromatic heterocycles. The molecule has 4 nitrogen and oxygen atoms in total. The Morgan fingerprint density at radius 1 is 1.00 bits per heavy atom. The Balaban J connectivity index is 1.69. The largest absolute Gasteiger partial charge is 0.573 e. The van der Waals surface area contributed by atoms with Gasteiger partial charge in [0.05, 0.1) is 5.52 Å². The fraction of sp³-hybridized carbons (Fsp3) is 0.409. The van der Waals surface area contributed by atoms with Crippen molar-refractivity contribution in [1.82, 2.24) is 9.55 Å². The van der Waals surface area contributed by atoms with Crippen LogP contribution in [0, 0.1) is 17.7 Å². The van der Waals surface area contributed by atoms with Gasteiger partial charge in [0.15, 0.2) is 5.82 Å². The first kappa shape index (κ1) is 20.5. The van der Waals surface area contributed by atoms with Crippen LogP contribution in [0.15, 0.2) is 42.5 Å². The molecule has 1 N–H and O–H groups in total. The van der Waals surface area contributed by atoms with Crippen LogP contribution in [0.4, 0.5) is 29.2 Å². The number of alkyl halides is 3. The SMILES string of the molecule is CC1CC(C)CC(n2c(Nc3ccc(OC(F)(F)F)cc3)nc3c(F)cccc32)C1. The molecule has 0 spiro atoms. The number of hydrogen-bond donors (Lipinski definition) is 1. The normalized spacial score (nSPS) is 22.3. The third kappa shape index (κ3) is 4.37. The quantitative estimate of drug-likeness (QED) is 0.470. The first-order chi connectivity index (χ1) is 14.2. The van der Waals surface area contributed by atoms with Crippen molar-refractivity contribution in [3.05, 3.63) is 48.3 Å². The average Bonchev–Trinajstić information content (AvgIpc) is 3.01. The van der Waals surface area contributed by atoms with Crippen LogP contribution in [-0.4, -0.2) is 15.9 Å². The summed E-state index contributed by atoms with van der Waals surface area (Å²) in [5.74, 6) is 0.848. The number of para-hydroxylation sites is 1. The van der Waals surface area contributed by atoms with E-state index in [2.05, 4.69) is 28.9 Å². The summed E-state index contributed by atoms with van der Waals surface area (Å²) in [5.41, 5.74) is 1.53. The molecule has 1 heterocycles. The lowest BCUT2D eigenvalue weighted by Gasteiger charge is -2.33. The zero-order valence-corrected chi connectivity index (χ0v) is 16.7. The van der Waals surface area contributed by atoms with E-state index in [0.717, 1.165) is 19.3 Å². The molecule has 0 bridgehead atoms. The standard InChI is InChI=1S/C22H23F4N3O/c1-13-10-14(2)12-16(11-13)29-19-5-3-4-18(23)20(19)28-21(29)27-15-6-8-17(9-7-15)30-22(24,25)26/h3-9,13-14,16H,10-12H2,1-2H3,(H,27,28). The van der Waals surface area contributed by atoms with Crippen LogP contribution >= 0.6 is 0 Å². The number of hydrogen-bond acceptors (Lipinski definition) is 3. The average molecular weight is 421 g/mol. The predicted molar refractivity (Wildman–Crippen MR) is 107 cm³/mol. The van der Waals surface area contributed by atoms with Gasteiger partial charge in [-0.15, -0.1) is 13.2 Å². The van der Waals surface area contributed by atoms with E-state index in [4.69, 9.17) is 0 Å². The number of fused-ring (bicyclic) bond motifs is 1. The highest BCUT2D eigenvalue weighted by Crippen LogP contribution is 2.40. The van der Waals surface area contributed by atoms with E-state index in [1.165, 1.54) is 30.3 Å². The van der Waals surface area contributed by atoms with Crippen molar-refractivity contribution in [1.29, 1.82) is 0 Å². The summed E-state index contributed by atoms with van der Waals surface area (Å²) < 4.78 is 57.5. The number of nitrogens with zero attached hydrogens (tertiary/aromatic N) is 2. The summed E-state index contributed by atoms with van der Waals surface area (Å²) in [7, 11) is 0. The summed E-state index contributed by atoms with van der Waals surface area (Å²) in [5, 5.41) is 3.15. The molecule has 4 rings (SSSR count). The third-order valence-corrected chi connectivity index (χ3v) is 5.53. The highest BCUT2D eigenvalue weighted by atomic mass is 19.4. The number of nitrogens with one attached hydrogen (secondary N) is 1. The second-order valence-corrected chi connectivity index (χ2v) is 8.18. The Kier molecular flexibility index (Phi) is 5.34. The molecular formula is C22H23F4N3O. The minimum Gasteiger partial charge on any atom is -0.406 e. The summed E-state index contributed by atoms with van der Waals surface area (Å²) in [6.45, 7) is 4.43. The predicted octanol–water partition coefficient (Wildman–Crippen LogP) is 6.81. The van der Waals surface area contributed by atoms with Gasteiger partial charge >= 0.3 is 6.36 Å². The Morgan fingerprint density at radius 2 is 1.67 bits per heavy atom. The maximum Gasteiger partial charge on any atom is 0.573 e. The highest BCUT2D eigenvalue weighted by molar-refractivity contribution is 5.80. The lowest BCUT2D eigenvalue weighted by atomic mass is 9.80. The topological polar surface area (TPSA) is 39.1 Å². The zero-order chi connectivity index (χ0) is 21.5. The van der Waals surface area contributed by atoms with E-state index < -0.39 is 12.2 Å². The Hall–Kier alpha value is -2.77. The van der Waals surface area contributed by atoms with E-state index >= 15 is 0 Å². The number of anilines is 2. The van der Waals surface area contributed by atoms with Crippen molar-refractivity contribution < 1.29 is 22.3 Å². The molecule has 8 heteroatoms. The van der Waals surface area contributed by atoms with E-state index in [1.54, 1.807) is 6.07 Å². The third-order valence-electron chi connectivity index (χ3n) is 5.53. The molecule has 0 aliphatic heterocycles. The zero-order valence-electron chi connectivity index (χ0n) is 16.7. The first-order valence-corrected chi connectivity index (χ1v) is 9.99. The van der Waals surface area contributed by atoms with Gasteiger partial charge in [0.2, 0.25) is 5.95 Å². The molecular weight excluding hydrogens is 398 g/mol. The lowest BCUT2D eigenvalue weighted by molar-refractivity contribution is -0.274. The first-order valence-electron chi connectivity index (χ1n) is 9.99. The van der Waals surface area contributed by atoms with Crippen molar-refractivity contribution in [2.75, 3.05) is 5.32 Å². The number of ether oxygens (including phenoxy) is 1. The van der Waals surface area contributed by atoms with Crippen LogP contribution < -0.4 is 10.1 Å². The Labute approximate surface area is 171 Å². The number of benzene rings is 2. The smallest absolute Gasteiger partial charge is 0.406 e. The van der Waals surface area contributed by atoms with Gasteiger partial charge in [-0.2, -0.15) is 0 Å². The van der Waals surface area contributed by atoms with E-state index in [-0.39, 0.29) is 17.3 Å². The van der Waals surface area contributed by atoms with Gasteiger partial charge in [0.1, 0.15) is 11.3 Å². The van der Waals surface area contributed by atoms with Crippen LogP contribution in [0.1, 0.15) is 39.2 Å². The number of imidazole rings is 1. The van der Waals surface area contributed by atoms with Gasteiger partial charge in [0.25, 0.3) is 0 Å². The summed E-state index contributed by atoms with van der Waals surface area (Å²) >= 11 is 0. The molecule has 30 heavy (non-hydrogen) atoms. The minimum absolute atomic E-state index is 0.158. The minimum atomic E-state index is -4.74. The highest BCUT2D eigenvalue weighted by Gasteiger charge is 2.31. The Morgan fingerprint density at radius 3 is 2.30 bits per heavy atom. The van der Waals surface area contributed by atoms with Gasteiger partial charge in [-0.3, -0.25) is 0 Å². The molecule has 2 aromatic carbocycles. The molecule has 2 unspecified atom stereocenters. The molecule has 1 aliphatic carbocycles. The van der Waals surface area contributed by atoms with Gasteiger partial charge < -0.3 is 14.6 Å². The van der Waals surface area contributed by atoms with E-state index in [9.17, 15) is 17.6 Å². The summed E-state index contributed by atoms with van der Waals surface area (Å²) in [6, 6.07) is 10.5. The fourth-order valence-corrected chi connectivity index (χ4v) is 4.53. The molecule has 0 radical (unpaired) electrons. The molecule has 0 amide bonds. The number of rotatable bonds is 4. The monoisotopic (exact) mass is 421 g/mol. The molecule has 3 aromatic rings.